The van der Waals surface area contributed by atoms with Gasteiger partial charge in [-0.25, -0.2) is 9.78 Å². The van der Waals surface area contributed by atoms with Crippen molar-refractivity contribution in [2.24, 2.45) is 0 Å². The molecule has 0 aliphatic heterocycles. The Morgan fingerprint density at radius 3 is 2.32 bits per heavy atom. The maximum Gasteiger partial charge on any atom is 0.341 e. The number of aliphatic carboxylic acids is 1. The molecular formula is C20H25N3O5. The number of hydrogen-bond acceptors (Lipinski definition) is 5. The maximum absolute atomic E-state index is 12.8. The van der Waals surface area contributed by atoms with Gasteiger partial charge in [-0.1, -0.05) is 32.9 Å². The molecular weight excluding hydrogens is 362 g/mol. The van der Waals surface area contributed by atoms with Gasteiger partial charge in [0, 0.05) is 19.0 Å². The first-order valence-electron chi connectivity index (χ1n) is 8.79. The molecule has 150 valence electrons. The van der Waals surface area contributed by atoms with Crippen LogP contribution in [0.1, 0.15) is 48.2 Å². The van der Waals surface area contributed by atoms with Gasteiger partial charge < -0.3 is 19.7 Å². The van der Waals surface area contributed by atoms with E-state index in [4.69, 9.17) is 9.84 Å². The predicted molar refractivity (Wildman–Crippen MR) is 104 cm³/mol. The van der Waals surface area contributed by atoms with Crippen molar-refractivity contribution in [3.63, 3.8) is 0 Å². The van der Waals surface area contributed by atoms with Crippen molar-refractivity contribution in [1.82, 2.24) is 14.9 Å². The van der Waals surface area contributed by atoms with Gasteiger partial charge >= 0.3 is 5.97 Å². The standard InChI is InChI=1S/C20H25N3O5/c1-12-16(17(26)22-19(21-12)20(2,3)4)18(27)23(5)10-13-6-8-14(9-7-13)28-11-15(24)25/h6-9H,10-11H2,1-5H3,(H,24,25)(H,21,22,26). The number of nitrogens with zero attached hydrogens (tertiary/aromatic N) is 2. The topological polar surface area (TPSA) is 113 Å². The van der Waals surface area contributed by atoms with Gasteiger partial charge in [-0.15, -0.1) is 0 Å². The minimum Gasteiger partial charge on any atom is -0.482 e. The SMILES string of the molecule is Cc1nc(C(C)(C)C)[nH]c(=O)c1C(=O)N(C)Cc1ccc(OCC(=O)O)cc1. The van der Waals surface area contributed by atoms with E-state index in [1.54, 1.807) is 38.2 Å². The summed E-state index contributed by atoms with van der Waals surface area (Å²) in [6, 6.07) is 6.74. The molecule has 0 fully saturated rings. The van der Waals surface area contributed by atoms with Crippen LogP contribution in [-0.2, 0) is 16.8 Å². The van der Waals surface area contributed by atoms with E-state index in [0.29, 0.717) is 17.3 Å². The van der Waals surface area contributed by atoms with Crippen molar-refractivity contribution in [3.05, 3.63) is 57.3 Å². The number of rotatable bonds is 6. The number of hydrogen-bond donors (Lipinski definition) is 2. The number of aromatic nitrogens is 2. The third-order valence-electron chi connectivity index (χ3n) is 4.08. The number of benzene rings is 1. The highest BCUT2D eigenvalue weighted by molar-refractivity contribution is 5.94. The van der Waals surface area contributed by atoms with Crippen LogP contribution in [0.3, 0.4) is 0 Å². The van der Waals surface area contributed by atoms with Crippen LogP contribution < -0.4 is 10.3 Å². The van der Waals surface area contributed by atoms with Crippen LogP contribution in [-0.4, -0.2) is 45.5 Å². The summed E-state index contributed by atoms with van der Waals surface area (Å²) in [5.41, 5.74) is 0.445. The van der Waals surface area contributed by atoms with E-state index >= 15 is 0 Å². The fraction of sp³-hybridized carbons (Fsp3) is 0.400. The number of carbonyl (C=O) groups is 2. The second-order valence-electron chi connectivity index (χ2n) is 7.61. The molecule has 1 aromatic carbocycles. The molecule has 0 radical (unpaired) electrons. The molecule has 0 unspecified atom stereocenters. The lowest BCUT2D eigenvalue weighted by atomic mass is 9.95. The number of aromatic amines is 1. The van der Waals surface area contributed by atoms with Gasteiger partial charge in [-0.05, 0) is 24.6 Å². The molecule has 0 saturated heterocycles. The number of ether oxygens (including phenoxy) is 1. The molecule has 1 amide bonds. The highest BCUT2D eigenvalue weighted by atomic mass is 16.5. The molecule has 1 heterocycles. The van der Waals surface area contributed by atoms with Gasteiger partial charge in [-0.3, -0.25) is 9.59 Å². The molecule has 28 heavy (non-hydrogen) atoms. The summed E-state index contributed by atoms with van der Waals surface area (Å²) in [5.74, 6) is -0.514. The van der Waals surface area contributed by atoms with Crippen molar-refractivity contribution in [1.29, 1.82) is 0 Å². The highest BCUT2D eigenvalue weighted by Crippen LogP contribution is 2.18. The summed E-state index contributed by atoms with van der Waals surface area (Å²) in [6.45, 7) is 7.31. The summed E-state index contributed by atoms with van der Waals surface area (Å²) in [4.78, 5) is 44.3. The first-order chi connectivity index (χ1) is 13.0. The normalized spacial score (nSPS) is 11.2. The lowest BCUT2D eigenvalue weighted by Crippen LogP contribution is -2.34. The Kier molecular flexibility index (Phi) is 6.23. The van der Waals surface area contributed by atoms with Crippen LogP contribution >= 0.6 is 0 Å². The molecule has 2 aromatic rings. The zero-order valence-corrected chi connectivity index (χ0v) is 16.7. The van der Waals surface area contributed by atoms with Crippen molar-refractivity contribution in [3.8, 4) is 5.75 Å². The van der Waals surface area contributed by atoms with Crippen molar-refractivity contribution in [2.75, 3.05) is 13.7 Å². The monoisotopic (exact) mass is 387 g/mol. The van der Waals surface area contributed by atoms with Crippen molar-refractivity contribution < 1.29 is 19.4 Å². The average Bonchev–Trinajstić information content (AvgIpc) is 2.59. The molecule has 0 spiro atoms. The van der Waals surface area contributed by atoms with Gasteiger partial charge in [0.05, 0.1) is 5.69 Å². The Hall–Kier alpha value is -3.16. The van der Waals surface area contributed by atoms with Crippen LogP contribution in [0.2, 0.25) is 0 Å². The van der Waals surface area contributed by atoms with Crippen molar-refractivity contribution in [2.45, 2.75) is 39.7 Å². The Bertz CT molecular complexity index is 926. The molecule has 8 nitrogen and oxygen atoms in total. The Balaban J connectivity index is 2.15. The van der Waals surface area contributed by atoms with E-state index < -0.39 is 24.0 Å². The second-order valence-corrected chi connectivity index (χ2v) is 7.61. The lowest BCUT2D eigenvalue weighted by Gasteiger charge is -2.21. The fourth-order valence-electron chi connectivity index (χ4n) is 2.57. The first-order valence-corrected chi connectivity index (χ1v) is 8.79. The number of carbonyl (C=O) groups excluding carboxylic acids is 1. The molecule has 0 atom stereocenters. The number of nitrogens with one attached hydrogen (secondary N) is 1. The van der Waals surface area contributed by atoms with Crippen LogP contribution in [0.25, 0.3) is 0 Å². The zero-order valence-electron chi connectivity index (χ0n) is 16.7. The van der Waals surface area contributed by atoms with Gasteiger partial charge in [0.2, 0.25) is 0 Å². The van der Waals surface area contributed by atoms with Gasteiger partial charge in [0.15, 0.2) is 6.61 Å². The summed E-state index contributed by atoms with van der Waals surface area (Å²) < 4.78 is 5.08. The van der Waals surface area contributed by atoms with E-state index in [-0.39, 0.29) is 17.5 Å². The first kappa shape index (κ1) is 21.1. The number of aryl methyl sites for hydroxylation is 1. The van der Waals surface area contributed by atoms with E-state index in [9.17, 15) is 14.4 Å². The zero-order chi connectivity index (χ0) is 21.1. The summed E-state index contributed by atoms with van der Waals surface area (Å²) in [5, 5.41) is 8.62. The molecule has 8 heteroatoms. The summed E-state index contributed by atoms with van der Waals surface area (Å²) >= 11 is 0. The minimum absolute atomic E-state index is 0.0249. The molecule has 0 aliphatic carbocycles. The Morgan fingerprint density at radius 1 is 1.21 bits per heavy atom. The lowest BCUT2D eigenvalue weighted by molar-refractivity contribution is -0.139. The van der Waals surface area contributed by atoms with E-state index in [0.717, 1.165) is 5.56 Å². The van der Waals surface area contributed by atoms with Crippen LogP contribution in [0, 0.1) is 6.92 Å². The molecule has 2 rings (SSSR count). The number of carboxylic acids is 1. The predicted octanol–water partition coefficient (Wildman–Crippen LogP) is 2.11. The van der Waals surface area contributed by atoms with Crippen molar-refractivity contribution >= 4 is 11.9 Å². The second kappa shape index (κ2) is 8.24. The molecule has 0 saturated carbocycles. The Morgan fingerprint density at radius 2 is 1.82 bits per heavy atom. The number of H-pyrrole nitrogens is 1. The third-order valence-corrected chi connectivity index (χ3v) is 4.08. The number of amides is 1. The summed E-state index contributed by atoms with van der Waals surface area (Å²) in [7, 11) is 1.60. The smallest absolute Gasteiger partial charge is 0.341 e. The summed E-state index contributed by atoms with van der Waals surface area (Å²) in [6.07, 6.45) is 0. The largest absolute Gasteiger partial charge is 0.482 e. The van der Waals surface area contributed by atoms with Crippen LogP contribution in [0.15, 0.2) is 29.1 Å². The molecule has 2 N–H and O–H groups in total. The molecule has 1 aromatic heterocycles. The quantitative estimate of drug-likeness (QED) is 0.785. The Labute approximate surface area is 163 Å². The van der Waals surface area contributed by atoms with Gasteiger partial charge in [0.1, 0.15) is 17.1 Å². The molecule has 0 bridgehead atoms. The highest BCUT2D eigenvalue weighted by Gasteiger charge is 2.24. The number of carboxylic acid groups (broad SMARTS) is 1. The van der Waals surface area contributed by atoms with Gasteiger partial charge in [-0.2, -0.15) is 0 Å². The maximum atomic E-state index is 12.8. The van der Waals surface area contributed by atoms with Crippen LogP contribution in [0.5, 0.6) is 5.75 Å². The third kappa shape index (κ3) is 5.18. The molecule has 0 aliphatic rings. The minimum atomic E-state index is -1.05. The van der Waals surface area contributed by atoms with Crippen LogP contribution in [0.4, 0.5) is 0 Å². The van der Waals surface area contributed by atoms with E-state index in [1.807, 2.05) is 20.8 Å². The fourth-order valence-corrected chi connectivity index (χ4v) is 2.57. The van der Waals surface area contributed by atoms with Gasteiger partial charge in [0.25, 0.3) is 11.5 Å². The van der Waals surface area contributed by atoms with E-state index in [2.05, 4.69) is 9.97 Å². The van der Waals surface area contributed by atoms with E-state index in [1.165, 1.54) is 4.90 Å². The average molecular weight is 387 g/mol.